The van der Waals surface area contributed by atoms with Gasteiger partial charge in [-0.15, -0.1) is 0 Å². The number of hydrogen-bond donors (Lipinski definition) is 2. The molecule has 0 aromatic heterocycles. The maximum atomic E-state index is 13.5. The molecule has 126 valence electrons. The molecule has 0 fully saturated rings. The molecule has 0 radical (unpaired) electrons. The van der Waals surface area contributed by atoms with E-state index in [0.717, 1.165) is 0 Å². The van der Waals surface area contributed by atoms with E-state index in [1.165, 1.54) is 12.1 Å². The van der Waals surface area contributed by atoms with Gasteiger partial charge < -0.3 is 10.1 Å². The summed E-state index contributed by atoms with van der Waals surface area (Å²) >= 11 is 5.03. The number of para-hydroxylation sites is 1. The summed E-state index contributed by atoms with van der Waals surface area (Å²) in [5, 5.41) is 5.20. The lowest BCUT2D eigenvalue weighted by atomic mass is 10.2. The molecule has 4 nitrogen and oxygen atoms in total. The minimum atomic E-state index is -0.444. The van der Waals surface area contributed by atoms with Crippen molar-refractivity contribution in [3.8, 4) is 5.75 Å². The fraction of sp³-hybridized carbons (Fsp3) is 0.222. The number of halogens is 1. The SMILES string of the molecule is CC(C)COc1ccc(C(=O)NC(=S)Nc2ccccc2F)cc1. The van der Waals surface area contributed by atoms with Gasteiger partial charge in [-0.1, -0.05) is 26.0 Å². The number of amides is 1. The van der Waals surface area contributed by atoms with Crippen LogP contribution in [-0.4, -0.2) is 17.6 Å². The largest absolute Gasteiger partial charge is 0.493 e. The lowest BCUT2D eigenvalue weighted by molar-refractivity contribution is 0.0977. The maximum absolute atomic E-state index is 13.5. The summed E-state index contributed by atoms with van der Waals surface area (Å²) in [5.41, 5.74) is 0.643. The molecule has 0 spiro atoms. The Bertz CT molecular complexity index is 717. The topological polar surface area (TPSA) is 50.4 Å². The van der Waals surface area contributed by atoms with E-state index in [-0.39, 0.29) is 16.7 Å². The van der Waals surface area contributed by atoms with Gasteiger partial charge in [0, 0.05) is 5.56 Å². The second-order valence-corrected chi connectivity index (χ2v) is 6.03. The standard InChI is InChI=1S/C18H19FN2O2S/c1-12(2)11-23-14-9-7-13(8-10-14)17(22)21-18(24)20-16-6-4-3-5-15(16)19/h3-10,12H,11H2,1-2H3,(H2,20,21,22,24). The lowest BCUT2D eigenvalue weighted by Crippen LogP contribution is -2.34. The fourth-order valence-corrected chi connectivity index (χ4v) is 2.06. The molecule has 0 aliphatic carbocycles. The van der Waals surface area contributed by atoms with Gasteiger partial charge in [0.2, 0.25) is 0 Å². The van der Waals surface area contributed by atoms with Crippen LogP contribution in [0, 0.1) is 11.7 Å². The third-order valence-corrected chi connectivity index (χ3v) is 3.25. The Morgan fingerprint density at radius 3 is 2.46 bits per heavy atom. The summed E-state index contributed by atoms with van der Waals surface area (Å²) in [6.45, 7) is 4.73. The number of nitrogens with one attached hydrogen (secondary N) is 2. The van der Waals surface area contributed by atoms with Crippen molar-refractivity contribution in [2.75, 3.05) is 11.9 Å². The zero-order chi connectivity index (χ0) is 17.5. The Hall–Kier alpha value is -2.47. The first-order valence-electron chi connectivity index (χ1n) is 7.55. The summed E-state index contributed by atoms with van der Waals surface area (Å²) in [6, 6.07) is 12.8. The highest BCUT2D eigenvalue weighted by Gasteiger charge is 2.09. The van der Waals surface area contributed by atoms with E-state index in [9.17, 15) is 9.18 Å². The van der Waals surface area contributed by atoms with Crippen LogP contribution >= 0.6 is 12.2 Å². The molecule has 0 unspecified atom stereocenters. The molecule has 2 N–H and O–H groups in total. The van der Waals surface area contributed by atoms with Crippen molar-refractivity contribution in [2.45, 2.75) is 13.8 Å². The number of hydrogen-bond acceptors (Lipinski definition) is 3. The molecule has 2 aromatic carbocycles. The van der Waals surface area contributed by atoms with Gasteiger partial charge in [-0.25, -0.2) is 4.39 Å². The van der Waals surface area contributed by atoms with Gasteiger partial charge in [0.15, 0.2) is 5.11 Å². The number of anilines is 1. The van der Waals surface area contributed by atoms with Crippen molar-refractivity contribution in [3.05, 3.63) is 59.9 Å². The molecular formula is C18H19FN2O2S. The first-order chi connectivity index (χ1) is 11.5. The van der Waals surface area contributed by atoms with Gasteiger partial charge in [0.05, 0.1) is 12.3 Å². The van der Waals surface area contributed by atoms with E-state index in [4.69, 9.17) is 17.0 Å². The molecule has 0 bridgehead atoms. The highest BCUT2D eigenvalue weighted by Crippen LogP contribution is 2.14. The lowest BCUT2D eigenvalue weighted by Gasteiger charge is -2.11. The van der Waals surface area contributed by atoms with Gasteiger partial charge in [0.1, 0.15) is 11.6 Å². The maximum Gasteiger partial charge on any atom is 0.257 e. The van der Waals surface area contributed by atoms with Crippen LogP contribution in [0.25, 0.3) is 0 Å². The monoisotopic (exact) mass is 346 g/mol. The third-order valence-electron chi connectivity index (χ3n) is 3.05. The molecule has 0 heterocycles. The van der Waals surface area contributed by atoms with Crippen LogP contribution in [-0.2, 0) is 0 Å². The Balaban J connectivity index is 1.92. The predicted octanol–water partition coefficient (Wildman–Crippen LogP) is 3.99. The molecule has 0 saturated carbocycles. The normalized spacial score (nSPS) is 10.3. The second kappa shape index (κ2) is 8.40. The summed E-state index contributed by atoms with van der Waals surface area (Å²) in [6.07, 6.45) is 0. The Kier molecular flexibility index (Phi) is 6.26. The van der Waals surface area contributed by atoms with Crippen molar-refractivity contribution in [1.29, 1.82) is 0 Å². The summed E-state index contributed by atoms with van der Waals surface area (Å²) in [7, 11) is 0. The summed E-state index contributed by atoms with van der Waals surface area (Å²) in [5.74, 6) is 0.308. The summed E-state index contributed by atoms with van der Waals surface area (Å²) in [4.78, 5) is 12.1. The molecule has 0 saturated heterocycles. The van der Waals surface area contributed by atoms with Gasteiger partial charge in [-0.05, 0) is 54.5 Å². The van der Waals surface area contributed by atoms with Crippen molar-refractivity contribution < 1.29 is 13.9 Å². The highest BCUT2D eigenvalue weighted by molar-refractivity contribution is 7.80. The third kappa shape index (κ3) is 5.31. The molecular weight excluding hydrogens is 327 g/mol. The molecule has 6 heteroatoms. The number of carbonyl (C=O) groups is 1. The zero-order valence-electron chi connectivity index (χ0n) is 13.5. The van der Waals surface area contributed by atoms with Crippen molar-refractivity contribution in [1.82, 2.24) is 5.32 Å². The van der Waals surface area contributed by atoms with E-state index in [1.54, 1.807) is 36.4 Å². The predicted molar refractivity (Wildman–Crippen MR) is 96.9 cm³/mol. The number of carbonyl (C=O) groups excluding carboxylic acids is 1. The minimum absolute atomic E-state index is 0.0326. The number of rotatable bonds is 5. The van der Waals surface area contributed by atoms with Crippen LogP contribution in [0.5, 0.6) is 5.75 Å². The minimum Gasteiger partial charge on any atom is -0.493 e. The summed E-state index contributed by atoms with van der Waals surface area (Å²) < 4.78 is 19.1. The average Bonchev–Trinajstić information content (AvgIpc) is 2.55. The average molecular weight is 346 g/mol. The van der Waals surface area contributed by atoms with E-state index >= 15 is 0 Å². The van der Waals surface area contributed by atoms with E-state index in [2.05, 4.69) is 24.5 Å². The van der Waals surface area contributed by atoms with Crippen LogP contribution in [0.2, 0.25) is 0 Å². The first kappa shape index (κ1) is 17.9. The molecule has 0 aliphatic rings. The van der Waals surface area contributed by atoms with Crippen LogP contribution in [0.1, 0.15) is 24.2 Å². The van der Waals surface area contributed by atoms with Crippen LogP contribution in [0.3, 0.4) is 0 Å². The number of benzene rings is 2. The van der Waals surface area contributed by atoms with E-state index in [0.29, 0.717) is 23.8 Å². The molecule has 0 aliphatic heterocycles. The van der Waals surface area contributed by atoms with Gasteiger partial charge in [0.25, 0.3) is 5.91 Å². The number of thiocarbonyl (C=S) groups is 1. The Morgan fingerprint density at radius 1 is 1.17 bits per heavy atom. The molecule has 24 heavy (non-hydrogen) atoms. The van der Waals surface area contributed by atoms with Gasteiger partial charge in [-0.2, -0.15) is 0 Å². The van der Waals surface area contributed by atoms with Crippen molar-refractivity contribution in [3.63, 3.8) is 0 Å². The molecule has 2 rings (SSSR count). The highest BCUT2D eigenvalue weighted by atomic mass is 32.1. The Labute approximate surface area is 146 Å². The molecule has 0 atom stereocenters. The van der Waals surface area contributed by atoms with Crippen LogP contribution < -0.4 is 15.4 Å². The van der Waals surface area contributed by atoms with Crippen LogP contribution in [0.4, 0.5) is 10.1 Å². The van der Waals surface area contributed by atoms with Crippen LogP contribution in [0.15, 0.2) is 48.5 Å². The molecule has 2 aromatic rings. The van der Waals surface area contributed by atoms with Gasteiger partial charge >= 0.3 is 0 Å². The van der Waals surface area contributed by atoms with Crippen molar-refractivity contribution >= 4 is 28.9 Å². The zero-order valence-corrected chi connectivity index (χ0v) is 14.3. The van der Waals surface area contributed by atoms with Gasteiger partial charge in [-0.3, -0.25) is 10.1 Å². The van der Waals surface area contributed by atoms with Crippen molar-refractivity contribution in [2.24, 2.45) is 5.92 Å². The Morgan fingerprint density at radius 2 is 1.83 bits per heavy atom. The quantitative estimate of drug-likeness (QED) is 0.804. The smallest absolute Gasteiger partial charge is 0.257 e. The second-order valence-electron chi connectivity index (χ2n) is 5.62. The fourth-order valence-electron chi connectivity index (χ4n) is 1.86. The van der Waals surface area contributed by atoms with E-state index in [1.807, 2.05) is 0 Å². The van der Waals surface area contributed by atoms with E-state index < -0.39 is 5.82 Å². The molecule has 1 amide bonds. The number of ether oxygens (including phenoxy) is 1. The first-order valence-corrected chi connectivity index (χ1v) is 7.96.